The minimum absolute atomic E-state index is 0.0549. The average molecular weight is 577 g/mol. The van der Waals surface area contributed by atoms with Gasteiger partial charge in [-0.05, 0) is 65.5 Å². The molecule has 0 bridgehead atoms. The molecule has 0 unspecified atom stereocenters. The normalized spacial score (nSPS) is 11.2. The van der Waals surface area contributed by atoms with Crippen molar-refractivity contribution in [2.75, 3.05) is 10.0 Å². The molecule has 0 atom stereocenters. The van der Waals surface area contributed by atoms with Gasteiger partial charge in [-0.3, -0.25) is 19.5 Å². The Morgan fingerprint density at radius 2 is 1.97 bits per heavy atom. The third-order valence-electron chi connectivity index (χ3n) is 3.64. The highest BCUT2D eigenvalue weighted by molar-refractivity contribution is 14.1. The van der Waals surface area contributed by atoms with Crippen LogP contribution in [-0.4, -0.2) is 39.4 Å². The van der Waals surface area contributed by atoms with Crippen molar-refractivity contribution < 1.29 is 13.2 Å². The van der Waals surface area contributed by atoms with Gasteiger partial charge in [0.1, 0.15) is 5.01 Å². The molecule has 3 aromatic rings. The van der Waals surface area contributed by atoms with Crippen LogP contribution in [0.25, 0.3) is 0 Å². The maximum absolute atomic E-state index is 12.5. The highest BCUT2D eigenvalue weighted by Crippen LogP contribution is 2.21. The summed E-state index contributed by atoms with van der Waals surface area (Å²) >= 11 is 8.34. The zero-order valence-electron chi connectivity index (χ0n) is 15.7. The lowest BCUT2D eigenvalue weighted by atomic mass is 10.3. The number of sulfonamides is 1. The van der Waals surface area contributed by atoms with Crippen molar-refractivity contribution in [1.29, 1.82) is 0 Å². The Morgan fingerprint density at radius 3 is 2.53 bits per heavy atom. The van der Waals surface area contributed by atoms with Crippen molar-refractivity contribution in [2.24, 2.45) is 7.05 Å². The van der Waals surface area contributed by atoms with Gasteiger partial charge in [-0.2, -0.15) is 5.10 Å². The van der Waals surface area contributed by atoms with Crippen molar-refractivity contribution in [3.05, 3.63) is 44.7 Å². The molecule has 0 aliphatic rings. The number of carbonyl (C=O) groups excluding carboxylic acids is 1. The molecule has 0 saturated carbocycles. The largest absolute Gasteiger partial charge is 0.332 e. The van der Waals surface area contributed by atoms with Gasteiger partial charge in [-0.1, -0.05) is 18.3 Å². The van der Waals surface area contributed by atoms with Crippen molar-refractivity contribution in [3.63, 3.8) is 0 Å². The van der Waals surface area contributed by atoms with Gasteiger partial charge in [0.25, 0.3) is 15.9 Å². The Labute approximate surface area is 195 Å². The number of nitrogens with one attached hydrogen (secondary N) is 3. The van der Waals surface area contributed by atoms with E-state index in [1.54, 1.807) is 13.2 Å². The number of thiocarbonyl (C=S) groups is 1. The second kappa shape index (κ2) is 9.32. The SMILES string of the molecule is CCc1nnc(NS(=O)(=O)c2ccc(NC(=S)NC(=O)c3nn(C)cc3I)cc2)s1. The quantitative estimate of drug-likeness (QED) is 0.301. The van der Waals surface area contributed by atoms with E-state index in [1.165, 1.54) is 40.3 Å². The molecule has 1 aromatic carbocycles. The summed E-state index contributed by atoms with van der Waals surface area (Å²) in [4.78, 5) is 12.3. The predicted molar refractivity (Wildman–Crippen MR) is 126 cm³/mol. The number of rotatable bonds is 6. The highest BCUT2D eigenvalue weighted by atomic mass is 127. The minimum Gasteiger partial charge on any atom is -0.332 e. The van der Waals surface area contributed by atoms with E-state index in [1.807, 2.05) is 29.5 Å². The monoisotopic (exact) mass is 577 g/mol. The smallest absolute Gasteiger partial charge is 0.279 e. The van der Waals surface area contributed by atoms with Crippen LogP contribution in [0.5, 0.6) is 0 Å². The average Bonchev–Trinajstić information content (AvgIpc) is 3.27. The summed E-state index contributed by atoms with van der Waals surface area (Å²) in [6, 6.07) is 5.90. The first-order chi connectivity index (χ1) is 14.2. The first-order valence-corrected chi connectivity index (χ1v) is 12.2. The molecule has 0 radical (unpaired) electrons. The summed E-state index contributed by atoms with van der Waals surface area (Å²) in [6.07, 6.45) is 2.39. The second-order valence-corrected chi connectivity index (χ2v) is 10.2. The number of hydrogen-bond donors (Lipinski definition) is 3. The van der Waals surface area contributed by atoms with E-state index in [2.05, 4.69) is 30.7 Å². The summed E-state index contributed by atoms with van der Waals surface area (Å²) in [7, 11) is -2.08. The van der Waals surface area contributed by atoms with Gasteiger partial charge in [0.2, 0.25) is 5.13 Å². The molecule has 0 saturated heterocycles. The van der Waals surface area contributed by atoms with Crippen molar-refractivity contribution >= 4 is 78.0 Å². The first kappa shape index (κ1) is 22.5. The molecule has 0 aliphatic heterocycles. The lowest BCUT2D eigenvalue weighted by Crippen LogP contribution is -2.34. The van der Waals surface area contributed by atoms with Crippen molar-refractivity contribution in [1.82, 2.24) is 25.3 Å². The molecule has 0 spiro atoms. The van der Waals surface area contributed by atoms with Crippen LogP contribution in [0.4, 0.5) is 10.8 Å². The van der Waals surface area contributed by atoms with E-state index in [-0.39, 0.29) is 20.8 Å². The van der Waals surface area contributed by atoms with Crippen LogP contribution in [0.3, 0.4) is 0 Å². The first-order valence-electron chi connectivity index (χ1n) is 8.44. The number of anilines is 2. The van der Waals surface area contributed by atoms with Gasteiger partial charge in [-0.25, -0.2) is 8.42 Å². The lowest BCUT2D eigenvalue weighted by Gasteiger charge is -2.10. The van der Waals surface area contributed by atoms with Gasteiger partial charge in [0.05, 0.1) is 8.47 Å². The number of benzene rings is 1. The van der Waals surface area contributed by atoms with E-state index >= 15 is 0 Å². The van der Waals surface area contributed by atoms with Crippen molar-refractivity contribution in [2.45, 2.75) is 18.2 Å². The van der Waals surface area contributed by atoms with Gasteiger partial charge in [0, 0.05) is 18.9 Å². The fourth-order valence-corrected chi connectivity index (χ4v) is 5.14. The molecule has 2 aromatic heterocycles. The molecule has 10 nitrogen and oxygen atoms in total. The molecular weight excluding hydrogens is 561 g/mol. The second-order valence-electron chi connectivity index (χ2n) is 5.89. The molecule has 0 aliphatic carbocycles. The topological polar surface area (TPSA) is 131 Å². The van der Waals surface area contributed by atoms with E-state index in [0.717, 1.165) is 5.01 Å². The van der Waals surface area contributed by atoms with Gasteiger partial charge in [0.15, 0.2) is 10.8 Å². The van der Waals surface area contributed by atoms with Crippen LogP contribution in [-0.2, 0) is 23.5 Å². The Bertz CT molecular complexity index is 1190. The highest BCUT2D eigenvalue weighted by Gasteiger charge is 2.18. The Balaban J connectivity index is 1.62. The summed E-state index contributed by atoms with van der Waals surface area (Å²) in [6.45, 7) is 1.91. The third-order valence-corrected chi connectivity index (χ3v) is 7.10. The fourth-order valence-electron chi connectivity index (χ4n) is 2.27. The van der Waals surface area contributed by atoms with Crippen molar-refractivity contribution in [3.8, 4) is 0 Å². The summed E-state index contributed by atoms with van der Waals surface area (Å²) in [5.41, 5.74) is 0.775. The maximum Gasteiger partial charge on any atom is 0.279 e. The van der Waals surface area contributed by atoms with Crippen LogP contribution in [0.2, 0.25) is 0 Å². The third kappa shape index (κ3) is 5.50. The molecule has 0 fully saturated rings. The molecule has 2 heterocycles. The minimum atomic E-state index is -3.79. The van der Waals surface area contributed by atoms with Crippen LogP contribution in [0.1, 0.15) is 22.4 Å². The summed E-state index contributed by atoms with van der Waals surface area (Å²) in [5, 5.41) is 18.2. The number of amides is 1. The zero-order valence-corrected chi connectivity index (χ0v) is 20.3. The lowest BCUT2D eigenvalue weighted by molar-refractivity contribution is 0.0971. The van der Waals surface area contributed by atoms with E-state index in [0.29, 0.717) is 15.7 Å². The number of hydrogen-bond acceptors (Lipinski definition) is 8. The molecule has 3 rings (SSSR count). The van der Waals surface area contributed by atoms with Gasteiger partial charge < -0.3 is 5.32 Å². The number of nitrogens with zero attached hydrogens (tertiary/aromatic N) is 4. The molecule has 30 heavy (non-hydrogen) atoms. The van der Waals surface area contributed by atoms with Crippen LogP contribution in [0.15, 0.2) is 35.4 Å². The van der Waals surface area contributed by atoms with Gasteiger partial charge in [-0.15, -0.1) is 10.2 Å². The predicted octanol–water partition coefficient (Wildman–Crippen LogP) is 2.37. The zero-order chi connectivity index (χ0) is 21.9. The summed E-state index contributed by atoms with van der Waals surface area (Å²) in [5.74, 6) is -0.440. The summed E-state index contributed by atoms with van der Waals surface area (Å²) < 4.78 is 29.6. The number of halogens is 1. The van der Waals surface area contributed by atoms with Crippen LogP contribution < -0.4 is 15.4 Å². The molecule has 1 amide bonds. The standard InChI is InChI=1S/C16H16IN7O3S3/c1-3-12-20-21-16(29-12)23-30(26,27)10-6-4-9(5-7-10)18-15(28)19-14(25)13-11(17)8-24(2)22-13/h4-8H,3H2,1-2H3,(H,21,23)(H2,18,19,25,28). The van der Waals surface area contributed by atoms with Crippen LogP contribution >= 0.6 is 46.1 Å². The molecule has 158 valence electrons. The van der Waals surface area contributed by atoms with E-state index < -0.39 is 15.9 Å². The fraction of sp³-hybridized carbons (Fsp3) is 0.188. The van der Waals surface area contributed by atoms with Gasteiger partial charge >= 0.3 is 0 Å². The number of aryl methyl sites for hydroxylation is 2. The Kier molecular flexibility index (Phi) is 6.99. The Morgan fingerprint density at radius 1 is 1.27 bits per heavy atom. The number of aromatic nitrogens is 4. The molecule has 3 N–H and O–H groups in total. The molecule has 14 heteroatoms. The number of carbonyl (C=O) groups is 1. The maximum atomic E-state index is 12.5. The molecular formula is C16H16IN7O3S3. The Hall–Kier alpha value is -2.17. The van der Waals surface area contributed by atoms with E-state index in [4.69, 9.17) is 12.2 Å². The van der Waals surface area contributed by atoms with Crippen LogP contribution in [0, 0.1) is 3.57 Å². The van der Waals surface area contributed by atoms with E-state index in [9.17, 15) is 13.2 Å².